The van der Waals surface area contributed by atoms with Crippen LogP contribution in [0.25, 0.3) is 0 Å². The number of aliphatic hydroxyl groups is 1. The molecule has 1 unspecified atom stereocenters. The van der Waals surface area contributed by atoms with E-state index in [0.717, 1.165) is 6.33 Å². The number of nitrogens with zero attached hydrogens (tertiary/aromatic N) is 3. The van der Waals surface area contributed by atoms with Gasteiger partial charge < -0.3 is 9.67 Å². The molecule has 0 saturated carbocycles. The van der Waals surface area contributed by atoms with Gasteiger partial charge in [-0.1, -0.05) is 0 Å². The topological polar surface area (TPSA) is 50.9 Å². The lowest BCUT2D eigenvalue weighted by molar-refractivity contribution is -0.141. The van der Waals surface area contributed by atoms with Crippen LogP contribution in [0.4, 0.5) is 22.0 Å². The van der Waals surface area contributed by atoms with Gasteiger partial charge in [0.15, 0.2) is 5.82 Å². The van der Waals surface area contributed by atoms with Crippen molar-refractivity contribution in [1.82, 2.24) is 14.8 Å². The van der Waals surface area contributed by atoms with E-state index in [2.05, 4.69) is 10.2 Å². The third-order valence-corrected chi connectivity index (χ3v) is 1.69. The lowest BCUT2D eigenvalue weighted by atomic mass is 10.2. The minimum atomic E-state index is -4.53. The Labute approximate surface area is 86.7 Å². The SMILES string of the molecule is OC(CC(F)F)c1nncn1CC(F)(F)F. The average molecular weight is 245 g/mol. The molecule has 0 spiro atoms. The summed E-state index contributed by atoms with van der Waals surface area (Å²) < 4.78 is 60.4. The van der Waals surface area contributed by atoms with Crippen molar-refractivity contribution in [3.8, 4) is 0 Å². The zero-order valence-electron chi connectivity index (χ0n) is 7.82. The standard InChI is InChI=1S/C7H8F5N3O/c8-5(9)1-4(16)6-14-13-3-15(6)2-7(10,11)12/h3-5,16H,1-2H2. The molecule has 1 aromatic rings. The van der Waals surface area contributed by atoms with Gasteiger partial charge in [-0.15, -0.1) is 10.2 Å². The molecule has 1 heterocycles. The summed E-state index contributed by atoms with van der Waals surface area (Å²) in [6.07, 6.45) is -9.36. The molecule has 0 aliphatic heterocycles. The summed E-state index contributed by atoms with van der Waals surface area (Å²) in [5.74, 6) is -0.516. The fourth-order valence-electron chi connectivity index (χ4n) is 1.11. The second-order valence-electron chi connectivity index (χ2n) is 3.07. The van der Waals surface area contributed by atoms with Crippen LogP contribution in [0.5, 0.6) is 0 Å². The Kier molecular flexibility index (Phi) is 3.79. The average Bonchev–Trinajstić information content (AvgIpc) is 2.47. The van der Waals surface area contributed by atoms with Crippen LogP contribution in [0, 0.1) is 0 Å². The number of aliphatic hydroxyl groups excluding tert-OH is 1. The number of rotatable bonds is 4. The Balaban J connectivity index is 2.77. The molecule has 0 aliphatic rings. The first-order chi connectivity index (χ1) is 7.29. The van der Waals surface area contributed by atoms with Crippen molar-refractivity contribution in [2.24, 2.45) is 0 Å². The minimum Gasteiger partial charge on any atom is -0.385 e. The largest absolute Gasteiger partial charge is 0.406 e. The molecule has 0 fully saturated rings. The molecule has 0 amide bonds. The number of alkyl halides is 5. The summed E-state index contributed by atoms with van der Waals surface area (Å²) in [5, 5.41) is 15.5. The second kappa shape index (κ2) is 4.73. The van der Waals surface area contributed by atoms with Crippen molar-refractivity contribution < 1.29 is 27.1 Å². The van der Waals surface area contributed by atoms with Crippen molar-refractivity contribution in [3.05, 3.63) is 12.2 Å². The third-order valence-electron chi connectivity index (χ3n) is 1.69. The first-order valence-electron chi connectivity index (χ1n) is 4.20. The van der Waals surface area contributed by atoms with Gasteiger partial charge in [-0.3, -0.25) is 0 Å². The van der Waals surface area contributed by atoms with E-state index in [1.807, 2.05) is 0 Å². The highest BCUT2D eigenvalue weighted by Gasteiger charge is 2.30. The lowest BCUT2D eigenvalue weighted by Crippen LogP contribution is -2.21. The van der Waals surface area contributed by atoms with Crippen LogP contribution in [-0.2, 0) is 6.54 Å². The van der Waals surface area contributed by atoms with E-state index in [9.17, 15) is 27.1 Å². The summed E-state index contributed by atoms with van der Waals surface area (Å²) in [5.41, 5.74) is 0. The van der Waals surface area contributed by atoms with Crippen LogP contribution in [0.15, 0.2) is 6.33 Å². The molecular formula is C7H8F5N3O. The predicted octanol–water partition coefficient (Wildman–Crippen LogP) is 1.53. The van der Waals surface area contributed by atoms with Gasteiger partial charge in [-0.25, -0.2) is 8.78 Å². The number of hydrogen-bond donors (Lipinski definition) is 1. The zero-order valence-corrected chi connectivity index (χ0v) is 7.82. The molecule has 0 radical (unpaired) electrons. The maximum Gasteiger partial charge on any atom is 0.406 e. The third kappa shape index (κ3) is 3.72. The van der Waals surface area contributed by atoms with Crippen LogP contribution in [0.2, 0.25) is 0 Å². The highest BCUT2D eigenvalue weighted by Crippen LogP contribution is 2.22. The second-order valence-corrected chi connectivity index (χ2v) is 3.07. The minimum absolute atomic E-state index is 0.493. The number of halogens is 5. The predicted molar refractivity (Wildman–Crippen MR) is 41.7 cm³/mol. The van der Waals surface area contributed by atoms with Crippen LogP contribution >= 0.6 is 0 Å². The van der Waals surface area contributed by atoms with Crippen molar-refractivity contribution in [2.75, 3.05) is 0 Å². The van der Waals surface area contributed by atoms with Gasteiger partial charge in [-0.05, 0) is 0 Å². The van der Waals surface area contributed by atoms with E-state index in [4.69, 9.17) is 0 Å². The Hall–Kier alpha value is -1.25. The first-order valence-corrected chi connectivity index (χ1v) is 4.20. The summed E-state index contributed by atoms with van der Waals surface area (Å²) in [7, 11) is 0. The number of hydrogen-bond acceptors (Lipinski definition) is 3. The van der Waals surface area contributed by atoms with E-state index in [1.54, 1.807) is 0 Å². The van der Waals surface area contributed by atoms with Crippen LogP contribution < -0.4 is 0 Å². The Morgan fingerprint density at radius 1 is 1.38 bits per heavy atom. The van der Waals surface area contributed by atoms with E-state index in [1.165, 1.54) is 0 Å². The summed E-state index contributed by atoms with van der Waals surface area (Å²) in [6.45, 7) is -1.42. The fraction of sp³-hybridized carbons (Fsp3) is 0.714. The maximum atomic E-state index is 12.0. The molecular weight excluding hydrogens is 237 g/mol. The molecule has 0 bridgehead atoms. The Morgan fingerprint density at radius 3 is 2.50 bits per heavy atom. The highest BCUT2D eigenvalue weighted by molar-refractivity contribution is 4.92. The number of aromatic nitrogens is 3. The normalized spacial score (nSPS) is 14.4. The van der Waals surface area contributed by atoms with Crippen LogP contribution in [0.3, 0.4) is 0 Å². The molecule has 0 aliphatic carbocycles. The molecule has 9 heteroatoms. The van der Waals surface area contributed by atoms with Gasteiger partial charge in [0.25, 0.3) is 0 Å². The van der Waals surface area contributed by atoms with E-state index in [0.29, 0.717) is 4.57 Å². The summed E-state index contributed by atoms with van der Waals surface area (Å²) in [4.78, 5) is 0. The molecule has 1 atom stereocenters. The smallest absolute Gasteiger partial charge is 0.385 e. The molecule has 16 heavy (non-hydrogen) atoms. The Bertz CT molecular complexity index is 337. The summed E-state index contributed by atoms with van der Waals surface area (Å²) in [6, 6.07) is 0. The van der Waals surface area contributed by atoms with Gasteiger partial charge in [0.2, 0.25) is 6.43 Å². The molecule has 0 saturated heterocycles. The van der Waals surface area contributed by atoms with E-state index in [-0.39, 0.29) is 0 Å². The monoisotopic (exact) mass is 245 g/mol. The van der Waals surface area contributed by atoms with Crippen molar-refractivity contribution in [3.63, 3.8) is 0 Å². The van der Waals surface area contributed by atoms with Gasteiger partial charge in [0, 0.05) is 6.42 Å². The molecule has 1 N–H and O–H groups in total. The molecule has 1 rings (SSSR count). The van der Waals surface area contributed by atoms with E-state index >= 15 is 0 Å². The van der Waals surface area contributed by atoms with Crippen LogP contribution in [-0.4, -0.2) is 32.5 Å². The molecule has 92 valence electrons. The van der Waals surface area contributed by atoms with Gasteiger partial charge in [-0.2, -0.15) is 13.2 Å². The van der Waals surface area contributed by atoms with E-state index < -0.39 is 37.5 Å². The molecule has 1 aromatic heterocycles. The maximum absolute atomic E-state index is 12.0. The van der Waals surface area contributed by atoms with Gasteiger partial charge >= 0.3 is 6.18 Å². The lowest BCUT2D eigenvalue weighted by Gasteiger charge is -2.13. The van der Waals surface area contributed by atoms with Gasteiger partial charge in [0.1, 0.15) is 19.0 Å². The Morgan fingerprint density at radius 2 is 2.00 bits per heavy atom. The van der Waals surface area contributed by atoms with Gasteiger partial charge in [0.05, 0.1) is 0 Å². The van der Waals surface area contributed by atoms with Crippen molar-refractivity contribution >= 4 is 0 Å². The fourth-order valence-corrected chi connectivity index (χ4v) is 1.11. The summed E-state index contributed by atoms with van der Waals surface area (Å²) >= 11 is 0. The molecule has 0 aromatic carbocycles. The molecule has 4 nitrogen and oxygen atoms in total. The quantitative estimate of drug-likeness (QED) is 0.818. The van der Waals surface area contributed by atoms with Crippen molar-refractivity contribution in [2.45, 2.75) is 31.7 Å². The van der Waals surface area contributed by atoms with Crippen molar-refractivity contribution in [1.29, 1.82) is 0 Å². The zero-order chi connectivity index (χ0) is 12.3. The van der Waals surface area contributed by atoms with Crippen LogP contribution in [0.1, 0.15) is 18.3 Å². The first kappa shape index (κ1) is 12.8. The highest BCUT2D eigenvalue weighted by atomic mass is 19.4.